The second-order valence-electron chi connectivity index (χ2n) is 10.5. The minimum Gasteiger partial charge on any atom is -0.648 e. The Balaban J connectivity index is 0.00000840. The molecular weight excluding hydrogens is 592 g/mol. The van der Waals surface area contributed by atoms with Gasteiger partial charge in [-0.15, -0.1) is 6.54 Å². The van der Waals surface area contributed by atoms with Gasteiger partial charge in [-0.05, 0) is 51.4 Å². The van der Waals surface area contributed by atoms with Gasteiger partial charge >= 0.3 is 58.2 Å². The molecule has 222 valence electrons. The van der Waals surface area contributed by atoms with Crippen LogP contribution in [0.4, 0.5) is 0 Å². The van der Waals surface area contributed by atoms with Crippen LogP contribution >= 0.6 is 0 Å². The number of ketones is 2. The number of rotatable bonds is 20. The third-order valence-electron chi connectivity index (χ3n) is 7.36. The van der Waals surface area contributed by atoms with Crippen molar-refractivity contribution >= 4 is 23.4 Å². The summed E-state index contributed by atoms with van der Waals surface area (Å²) in [7, 11) is 1.86. The molecule has 0 radical (unpaired) electrons. The maximum absolute atomic E-state index is 12.9. The van der Waals surface area contributed by atoms with Crippen LogP contribution in [0.1, 0.15) is 107 Å². The van der Waals surface area contributed by atoms with Crippen LogP contribution in [-0.2, 0) is 25.7 Å². The van der Waals surface area contributed by atoms with Crippen LogP contribution in [0.5, 0.6) is 0 Å². The molecule has 0 aliphatic heterocycles. The number of benzene rings is 1. The molecule has 8 nitrogen and oxygen atoms in total. The van der Waals surface area contributed by atoms with E-state index >= 15 is 0 Å². The first-order chi connectivity index (χ1) is 19.4. The Morgan fingerprint density at radius 1 is 0.976 bits per heavy atom. The zero-order valence-electron chi connectivity index (χ0n) is 25.7. The Kier molecular flexibility index (Phi) is 20.6. The van der Waals surface area contributed by atoms with E-state index in [1.807, 2.05) is 26.1 Å². The van der Waals surface area contributed by atoms with Gasteiger partial charge in [-0.1, -0.05) is 56.5 Å². The second kappa shape index (κ2) is 22.4. The summed E-state index contributed by atoms with van der Waals surface area (Å²) in [6.45, 7) is 5.06. The summed E-state index contributed by atoms with van der Waals surface area (Å²) >= 11 is 0. The van der Waals surface area contributed by atoms with Gasteiger partial charge in [-0.3, -0.25) is 14.4 Å². The first kappa shape index (κ1) is 37.8. The van der Waals surface area contributed by atoms with Crippen molar-refractivity contribution in [3.8, 4) is 0 Å². The molecule has 0 heterocycles. The molecule has 2 rings (SSSR count). The predicted octanol–water partition coefficient (Wildman–Crippen LogP) is 2.80. The van der Waals surface area contributed by atoms with Crippen molar-refractivity contribution in [1.29, 1.82) is 0 Å². The van der Waals surface area contributed by atoms with E-state index in [9.17, 15) is 19.2 Å². The average molecular weight is 640 g/mol. The van der Waals surface area contributed by atoms with Gasteiger partial charge in [0.15, 0.2) is 5.78 Å². The molecule has 2 amide bonds. The summed E-state index contributed by atoms with van der Waals surface area (Å²) in [5, 5.41) is 10.1. The second-order valence-corrected chi connectivity index (χ2v) is 10.5. The topological polar surface area (TPSA) is 116 Å². The van der Waals surface area contributed by atoms with Crippen molar-refractivity contribution in [1.82, 2.24) is 10.6 Å². The molecule has 1 aromatic rings. The van der Waals surface area contributed by atoms with Crippen molar-refractivity contribution in [2.24, 2.45) is 5.92 Å². The van der Waals surface area contributed by atoms with Crippen molar-refractivity contribution in [2.45, 2.75) is 97.4 Å². The van der Waals surface area contributed by atoms with E-state index in [4.69, 9.17) is 4.74 Å². The van der Waals surface area contributed by atoms with E-state index in [0.29, 0.717) is 43.8 Å². The van der Waals surface area contributed by atoms with Gasteiger partial charge in [0.1, 0.15) is 5.78 Å². The van der Waals surface area contributed by atoms with E-state index in [-0.39, 0.29) is 94.9 Å². The number of unbranched alkanes of at least 4 members (excludes halogenated alkanes) is 1. The molecule has 41 heavy (non-hydrogen) atoms. The van der Waals surface area contributed by atoms with Crippen molar-refractivity contribution in [3.05, 3.63) is 52.0 Å². The molecule has 1 aliphatic carbocycles. The Morgan fingerprint density at radius 3 is 2.39 bits per heavy atom. The van der Waals surface area contributed by atoms with Crippen molar-refractivity contribution in [2.75, 3.05) is 26.8 Å². The molecule has 1 atom stereocenters. The van der Waals surface area contributed by atoms with Crippen LogP contribution in [0, 0.1) is 5.92 Å². The number of carbonyl (C=O) groups excluding carboxylic acids is 4. The fraction of sp³-hybridized carbons (Fsp3) is 0.625. The van der Waals surface area contributed by atoms with E-state index in [0.717, 1.165) is 74.6 Å². The van der Waals surface area contributed by atoms with E-state index in [2.05, 4.69) is 22.9 Å². The quantitative estimate of drug-likeness (QED) is 0.168. The number of nitrogens with one attached hydrogen (secondary N) is 2. The molecule has 0 bridgehead atoms. The van der Waals surface area contributed by atoms with Gasteiger partial charge in [0.2, 0.25) is 5.91 Å². The fourth-order valence-electron chi connectivity index (χ4n) is 5.02. The molecule has 1 aliphatic rings. The van der Waals surface area contributed by atoms with Crippen molar-refractivity contribution < 1.29 is 82.1 Å². The molecule has 9 heteroatoms. The van der Waals surface area contributed by atoms with Crippen LogP contribution < -0.4 is 68.8 Å². The Morgan fingerprint density at radius 2 is 1.71 bits per heavy atom. The minimum absolute atomic E-state index is 0. The Labute approximate surface area is 295 Å². The Hall–Kier alpha value is -1.19. The monoisotopic (exact) mass is 639 g/mol. The molecule has 0 saturated carbocycles. The number of ether oxygens (including phenoxy) is 1. The molecule has 0 spiro atoms. The number of allylic oxidation sites excluding steroid dienone is 2. The van der Waals surface area contributed by atoms with E-state index < -0.39 is 0 Å². The summed E-state index contributed by atoms with van der Waals surface area (Å²) in [6.07, 6.45) is 9.97. The van der Waals surface area contributed by atoms with Crippen LogP contribution in [-0.4, -0.2) is 50.2 Å². The number of nitrogens with zero attached hydrogens (tertiary/aromatic N) is 1. The third kappa shape index (κ3) is 14.7. The summed E-state index contributed by atoms with van der Waals surface area (Å²) in [5.41, 5.74) is 3.41. The number of Topliss-reactive ketones (excluding diaryl/α,β-unsaturated/α-hetero) is 2. The van der Waals surface area contributed by atoms with Gasteiger partial charge in [0.05, 0.1) is 12.5 Å². The van der Waals surface area contributed by atoms with E-state index in [1.54, 1.807) is 12.1 Å². The van der Waals surface area contributed by atoms with Crippen LogP contribution in [0.15, 0.2) is 35.5 Å². The summed E-state index contributed by atoms with van der Waals surface area (Å²) in [4.78, 5) is 48.9. The molecule has 0 aromatic heterocycles. The van der Waals surface area contributed by atoms with Crippen molar-refractivity contribution in [3.63, 3.8) is 0 Å². The smallest absolute Gasteiger partial charge is 0.648 e. The predicted molar refractivity (Wildman–Crippen MR) is 158 cm³/mol. The van der Waals surface area contributed by atoms with Gasteiger partial charge in [-0.25, -0.2) is 0 Å². The molecule has 1 unspecified atom stereocenters. The third-order valence-corrected chi connectivity index (χ3v) is 7.36. The maximum Gasteiger partial charge on any atom is 1.00 e. The van der Waals surface area contributed by atoms with Crippen LogP contribution in [0.2, 0.25) is 0 Å². The number of hydrogen-bond acceptors (Lipinski definition) is 6. The molecular formula is C32H48N3O5Rb. The maximum atomic E-state index is 12.9. The van der Waals surface area contributed by atoms with Gasteiger partial charge < -0.3 is 25.5 Å². The average Bonchev–Trinajstić information content (AvgIpc) is 2.98. The van der Waals surface area contributed by atoms with Gasteiger partial charge in [0.25, 0.3) is 0 Å². The van der Waals surface area contributed by atoms with E-state index in [1.165, 1.54) is 0 Å². The molecule has 1 aromatic carbocycles. The minimum atomic E-state index is -0.349. The van der Waals surface area contributed by atoms with Gasteiger partial charge in [-0.2, -0.15) is 0 Å². The molecule has 0 saturated heterocycles. The number of amides is 2. The van der Waals surface area contributed by atoms with Crippen LogP contribution in [0.25, 0.3) is 5.32 Å². The first-order valence-corrected chi connectivity index (χ1v) is 15.0. The zero-order chi connectivity index (χ0) is 29.2. The molecule has 2 N–H and O–H groups in total. The Bertz CT molecular complexity index is 994. The fourth-order valence-corrected chi connectivity index (χ4v) is 5.02. The summed E-state index contributed by atoms with van der Waals surface area (Å²) in [6, 6.07) is 7.26. The summed E-state index contributed by atoms with van der Waals surface area (Å²) in [5.74, 6) is 0.183. The number of hydrogen-bond donors (Lipinski definition) is 2. The first-order valence-electron chi connectivity index (χ1n) is 15.0. The number of carbonyl (C=O) groups is 4. The van der Waals surface area contributed by atoms with Crippen LogP contribution in [0.3, 0.4) is 0 Å². The zero-order valence-corrected chi connectivity index (χ0v) is 30.6. The summed E-state index contributed by atoms with van der Waals surface area (Å²) < 4.78 is 5.39. The normalized spacial score (nSPS) is 13.6. The standard InChI is InChI=1S/C32H49N3O5.Rb/c1-4-11-25(29(36)5-2)12-8-9-20-34-30(37)15-10-21-40-23-31(38)35-22-24-16-18-26(19-17-24)32(39)27-13-6-7-14-28(27)33-3;/h16-19,25H,4-15,20-23H2,1-3H3,(H3,33,34,35,37,38,39);/q;+1/p-1. The molecule has 0 fully saturated rings. The van der Waals surface area contributed by atoms with Gasteiger partial charge in [0, 0.05) is 55.8 Å². The SMILES string of the molecule is CCCC(CCCCNC(=O)CCCOCC(=O)[N-]Cc1ccc(C(=O)C2=C(NC)CCCC2)cc1)C(=O)CC.[Rb+]. The largest absolute Gasteiger partial charge is 1.00 e.